The van der Waals surface area contributed by atoms with Gasteiger partial charge in [-0.1, -0.05) is 86.8 Å². The van der Waals surface area contributed by atoms with Crippen molar-refractivity contribution < 1.29 is 58.3 Å². The zero-order chi connectivity index (χ0) is 30.4. The van der Waals surface area contributed by atoms with Crippen molar-refractivity contribution >= 4 is 24.2 Å². The van der Waals surface area contributed by atoms with E-state index in [1.165, 1.54) is 0 Å². The molecule has 0 unspecified atom stereocenters. The van der Waals surface area contributed by atoms with Gasteiger partial charge >= 0.3 is 24.2 Å². The van der Waals surface area contributed by atoms with Crippen molar-refractivity contribution in [3.63, 3.8) is 0 Å². The Bertz CT molecular complexity index is 1030. The minimum Gasteiger partial charge on any atom is -0.432 e. The molecule has 2 aromatic rings. The second-order valence-corrected chi connectivity index (χ2v) is 9.52. The minimum absolute atomic E-state index is 0.175. The first-order chi connectivity index (χ1) is 20.3. The lowest BCUT2D eigenvalue weighted by molar-refractivity contribution is -0.452. The smallest absolute Gasteiger partial charge is 0.432 e. The Morgan fingerprint density at radius 3 is 1.21 bits per heavy atom. The van der Waals surface area contributed by atoms with Gasteiger partial charge in [0.1, 0.15) is 0 Å². The molecule has 0 amide bonds. The van der Waals surface area contributed by atoms with Crippen molar-refractivity contribution in [2.45, 2.75) is 78.1 Å². The summed E-state index contributed by atoms with van der Waals surface area (Å²) in [5, 5.41) is 8.38. The van der Waals surface area contributed by atoms with E-state index in [0.29, 0.717) is 12.8 Å². The van der Waals surface area contributed by atoms with Crippen LogP contribution in [0.1, 0.15) is 96.1 Å². The molecule has 12 nitrogen and oxygen atoms in total. The zero-order valence-corrected chi connectivity index (χ0v) is 24.0. The highest BCUT2D eigenvalue weighted by atomic mass is 17.5. The maximum absolute atomic E-state index is 11.8. The summed E-state index contributed by atoms with van der Waals surface area (Å²) < 4.78 is 9.72. The molecule has 2 aromatic carbocycles. The van der Waals surface area contributed by atoms with Gasteiger partial charge in [0.25, 0.3) is 0 Å². The molecule has 0 bridgehead atoms. The lowest BCUT2D eigenvalue weighted by atomic mass is 10.1. The fourth-order valence-electron chi connectivity index (χ4n) is 3.77. The standard InChI is InChI=1S/C30H38O12/c1-23-15-13-17-25(21-23)27(31)37-41-39-29(33)35-19-11-9-7-5-3-4-6-8-10-12-20-36-30(34)40-42-38-28(32)26-18-14-16-24(2)22-26/h13-18,21-22H,3-12,19-20H2,1-2H3. The first-order valence-electron chi connectivity index (χ1n) is 13.9. The molecule has 12 heteroatoms. The van der Waals surface area contributed by atoms with Gasteiger partial charge in [-0.2, -0.15) is 0 Å². The lowest BCUT2D eigenvalue weighted by Crippen LogP contribution is -2.12. The largest absolute Gasteiger partial charge is 0.543 e. The van der Waals surface area contributed by atoms with Crippen LogP contribution in [0.4, 0.5) is 9.59 Å². The van der Waals surface area contributed by atoms with E-state index < -0.39 is 24.2 Å². The van der Waals surface area contributed by atoms with Gasteiger partial charge < -0.3 is 9.47 Å². The first-order valence-corrected chi connectivity index (χ1v) is 13.9. The quantitative estimate of drug-likeness (QED) is 0.0705. The Morgan fingerprint density at radius 2 is 0.857 bits per heavy atom. The van der Waals surface area contributed by atoms with E-state index in [1.54, 1.807) is 36.4 Å². The molecule has 0 saturated heterocycles. The van der Waals surface area contributed by atoms with Crippen LogP contribution >= 0.6 is 0 Å². The third kappa shape index (κ3) is 15.6. The second-order valence-electron chi connectivity index (χ2n) is 9.52. The fraction of sp³-hybridized carbons (Fsp3) is 0.467. The molecule has 230 valence electrons. The molecule has 0 aliphatic heterocycles. The number of hydrogen-bond donors (Lipinski definition) is 0. The van der Waals surface area contributed by atoms with Gasteiger partial charge in [-0.15, -0.1) is 0 Å². The van der Waals surface area contributed by atoms with Crippen LogP contribution in [0.25, 0.3) is 0 Å². The highest BCUT2D eigenvalue weighted by Gasteiger charge is 2.13. The van der Waals surface area contributed by atoms with Crippen molar-refractivity contribution in [2.75, 3.05) is 13.2 Å². The molecular formula is C30H38O12. The number of ether oxygens (including phenoxy) is 2. The van der Waals surface area contributed by atoms with Crippen LogP contribution in [-0.2, 0) is 39.1 Å². The van der Waals surface area contributed by atoms with E-state index in [2.05, 4.69) is 29.6 Å². The molecule has 0 atom stereocenters. The summed E-state index contributed by atoms with van der Waals surface area (Å²) in [6.45, 7) is 4.00. The molecule has 0 heterocycles. The number of unbranched alkanes of at least 4 members (excludes halogenated alkanes) is 9. The maximum Gasteiger partial charge on any atom is 0.543 e. The summed E-state index contributed by atoms with van der Waals surface area (Å²) in [5.41, 5.74) is 2.29. The Balaban J connectivity index is 1.31. The van der Waals surface area contributed by atoms with Crippen LogP contribution in [-0.4, -0.2) is 37.5 Å². The van der Waals surface area contributed by atoms with E-state index in [-0.39, 0.29) is 24.3 Å². The number of carbonyl (C=O) groups excluding carboxylic acids is 4. The maximum atomic E-state index is 11.8. The van der Waals surface area contributed by atoms with Gasteiger partial charge in [0.05, 0.1) is 34.4 Å². The minimum atomic E-state index is -1.08. The van der Waals surface area contributed by atoms with Crippen LogP contribution in [0.15, 0.2) is 48.5 Å². The van der Waals surface area contributed by atoms with Crippen molar-refractivity contribution in [1.82, 2.24) is 0 Å². The van der Waals surface area contributed by atoms with Crippen molar-refractivity contribution in [3.8, 4) is 0 Å². The summed E-state index contributed by atoms with van der Waals surface area (Å²) in [6, 6.07) is 13.4. The topological polar surface area (TPSA) is 142 Å². The Morgan fingerprint density at radius 1 is 0.500 bits per heavy atom. The van der Waals surface area contributed by atoms with E-state index in [0.717, 1.165) is 62.5 Å². The number of benzene rings is 2. The van der Waals surface area contributed by atoms with Crippen LogP contribution in [0.5, 0.6) is 0 Å². The van der Waals surface area contributed by atoms with Gasteiger partial charge in [-0.05, 0) is 51.0 Å². The molecule has 0 aromatic heterocycles. The lowest BCUT2D eigenvalue weighted by Gasteiger charge is -2.05. The summed E-state index contributed by atoms with van der Waals surface area (Å²) in [5.74, 6) is -1.57. The van der Waals surface area contributed by atoms with Crippen molar-refractivity contribution in [2.24, 2.45) is 0 Å². The molecular weight excluding hydrogens is 552 g/mol. The Labute approximate surface area is 244 Å². The van der Waals surface area contributed by atoms with Crippen LogP contribution in [0.3, 0.4) is 0 Å². The molecule has 0 aliphatic rings. The van der Waals surface area contributed by atoms with Gasteiger partial charge in [-0.3, -0.25) is 9.78 Å². The zero-order valence-electron chi connectivity index (χ0n) is 24.0. The number of rotatable bonds is 19. The molecule has 2 rings (SSSR count). The monoisotopic (exact) mass is 590 g/mol. The highest BCUT2D eigenvalue weighted by molar-refractivity contribution is 5.89. The van der Waals surface area contributed by atoms with Gasteiger partial charge in [-0.25, -0.2) is 29.0 Å². The molecule has 0 fully saturated rings. The van der Waals surface area contributed by atoms with Crippen molar-refractivity contribution in [1.29, 1.82) is 0 Å². The molecule has 0 saturated carbocycles. The van der Waals surface area contributed by atoms with Crippen LogP contribution in [0.2, 0.25) is 0 Å². The van der Waals surface area contributed by atoms with Gasteiger partial charge in [0.15, 0.2) is 0 Å². The fourth-order valence-corrected chi connectivity index (χ4v) is 3.77. The van der Waals surface area contributed by atoms with Crippen LogP contribution in [0, 0.1) is 13.8 Å². The van der Waals surface area contributed by atoms with E-state index in [4.69, 9.17) is 9.47 Å². The van der Waals surface area contributed by atoms with E-state index in [9.17, 15) is 19.2 Å². The summed E-state index contributed by atoms with van der Waals surface area (Å²) >= 11 is 0. The number of hydrogen-bond acceptors (Lipinski definition) is 12. The third-order valence-corrected chi connectivity index (χ3v) is 5.91. The summed E-state index contributed by atoms with van der Waals surface area (Å²) in [7, 11) is 0. The summed E-state index contributed by atoms with van der Waals surface area (Å²) in [4.78, 5) is 63.8. The normalized spacial score (nSPS) is 10.4. The molecule has 0 N–H and O–H groups in total. The predicted molar refractivity (Wildman–Crippen MR) is 146 cm³/mol. The third-order valence-electron chi connectivity index (χ3n) is 5.91. The van der Waals surface area contributed by atoms with E-state index >= 15 is 0 Å². The number of carbonyl (C=O) groups is 4. The second kappa shape index (κ2) is 20.7. The number of aryl methyl sites for hydroxylation is 2. The van der Waals surface area contributed by atoms with E-state index in [1.807, 2.05) is 26.0 Å². The Hall–Kier alpha value is -4.16. The SMILES string of the molecule is Cc1cccc(C(=O)OOOC(=O)OCCCCCCCCCCCCOC(=O)OOOC(=O)c2cccc(C)c2)c1. The van der Waals surface area contributed by atoms with Gasteiger partial charge in [0, 0.05) is 0 Å². The first kappa shape index (κ1) is 34.0. The van der Waals surface area contributed by atoms with Crippen LogP contribution < -0.4 is 0 Å². The highest BCUT2D eigenvalue weighted by Crippen LogP contribution is 2.12. The Kier molecular flexibility index (Phi) is 16.8. The van der Waals surface area contributed by atoms with Gasteiger partial charge in [0.2, 0.25) is 0 Å². The molecule has 0 radical (unpaired) electrons. The average Bonchev–Trinajstić information content (AvgIpc) is 2.97. The molecule has 0 spiro atoms. The average molecular weight is 591 g/mol. The predicted octanol–water partition coefficient (Wildman–Crippen LogP) is 7.22. The molecule has 42 heavy (non-hydrogen) atoms. The summed E-state index contributed by atoms with van der Waals surface area (Å²) in [6.07, 6.45) is 7.39. The molecule has 0 aliphatic carbocycles. The van der Waals surface area contributed by atoms with Crippen molar-refractivity contribution in [3.05, 3.63) is 70.8 Å².